The van der Waals surface area contributed by atoms with Crippen LogP contribution in [0.3, 0.4) is 0 Å². The van der Waals surface area contributed by atoms with Crippen molar-refractivity contribution in [2.45, 2.75) is 6.17 Å². The summed E-state index contributed by atoms with van der Waals surface area (Å²) < 4.78 is 0. The van der Waals surface area contributed by atoms with Gasteiger partial charge in [0.25, 0.3) is 0 Å². The van der Waals surface area contributed by atoms with E-state index >= 15 is 0 Å². The standard InChI is InChI=1S/C8H11N5O/c9-7(13-10)4-1-2-5-6(3-4)12-8(14)11-5/h1-3,7,13H,9-10H2,(H2,11,12,14). The fourth-order valence-corrected chi connectivity index (χ4v) is 1.34. The second kappa shape index (κ2) is 3.26. The van der Waals surface area contributed by atoms with E-state index in [0.29, 0.717) is 0 Å². The first-order chi connectivity index (χ1) is 6.70. The molecule has 0 spiro atoms. The molecule has 0 radical (unpaired) electrons. The van der Waals surface area contributed by atoms with E-state index in [-0.39, 0.29) is 5.69 Å². The molecule has 1 unspecified atom stereocenters. The molecule has 1 aromatic heterocycles. The Bertz CT molecular complexity index is 500. The van der Waals surface area contributed by atoms with Gasteiger partial charge in [-0.05, 0) is 17.7 Å². The summed E-state index contributed by atoms with van der Waals surface area (Å²) >= 11 is 0. The first-order valence-electron chi connectivity index (χ1n) is 4.14. The Balaban J connectivity index is 2.55. The van der Waals surface area contributed by atoms with Crippen LogP contribution in [0.5, 0.6) is 0 Å². The Hall–Kier alpha value is -1.63. The number of nitrogens with one attached hydrogen (secondary N) is 3. The molecule has 0 fully saturated rings. The molecule has 0 aliphatic carbocycles. The number of H-pyrrole nitrogens is 2. The molecular weight excluding hydrogens is 182 g/mol. The molecule has 74 valence electrons. The van der Waals surface area contributed by atoms with E-state index in [1.807, 2.05) is 0 Å². The molecule has 0 aliphatic rings. The fraction of sp³-hybridized carbons (Fsp3) is 0.125. The molecule has 7 N–H and O–H groups in total. The Morgan fingerprint density at radius 1 is 1.29 bits per heavy atom. The van der Waals surface area contributed by atoms with Crippen molar-refractivity contribution in [1.82, 2.24) is 15.4 Å². The van der Waals surface area contributed by atoms with Gasteiger partial charge in [-0.1, -0.05) is 6.07 Å². The van der Waals surface area contributed by atoms with Crippen LogP contribution in [0.15, 0.2) is 23.0 Å². The Labute approximate surface area is 79.3 Å². The number of nitrogens with two attached hydrogens (primary N) is 2. The van der Waals surface area contributed by atoms with Crippen LogP contribution in [-0.2, 0) is 0 Å². The number of hydrogen-bond acceptors (Lipinski definition) is 4. The van der Waals surface area contributed by atoms with Gasteiger partial charge in [0.15, 0.2) is 0 Å². The normalized spacial score (nSPS) is 13.3. The summed E-state index contributed by atoms with van der Waals surface area (Å²) in [7, 11) is 0. The van der Waals surface area contributed by atoms with Crippen molar-refractivity contribution in [3.8, 4) is 0 Å². The highest BCUT2D eigenvalue weighted by atomic mass is 16.1. The molecule has 1 aromatic carbocycles. The summed E-state index contributed by atoms with van der Waals surface area (Å²) in [4.78, 5) is 16.2. The van der Waals surface area contributed by atoms with Crippen molar-refractivity contribution in [3.05, 3.63) is 34.2 Å². The third kappa shape index (κ3) is 1.41. The SMILES string of the molecule is NNC(N)c1ccc2[nH]c(=O)[nH]c2c1. The maximum atomic E-state index is 11.0. The molecule has 6 heteroatoms. The number of rotatable bonds is 2. The minimum Gasteiger partial charge on any atom is -0.311 e. The molecule has 2 rings (SSSR count). The van der Waals surface area contributed by atoms with Gasteiger partial charge in [-0.3, -0.25) is 5.84 Å². The summed E-state index contributed by atoms with van der Waals surface area (Å²) in [6, 6.07) is 5.36. The number of imidazole rings is 1. The zero-order chi connectivity index (χ0) is 10.1. The highest BCUT2D eigenvalue weighted by Crippen LogP contribution is 2.13. The van der Waals surface area contributed by atoms with Gasteiger partial charge in [0.1, 0.15) is 0 Å². The fourth-order valence-electron chi connectivity index (χ4n) is 1.34. The van der Waals surface area contributed by atoms with Crippen molar-refractivity contribution in [2.24, 2.45) is 11.6 Å². The van der Waals surface area contributed by atoms with Crippen molar-refractivity contribution >= 4 is 11.0 Å². The number of aromatic amines is 2. The first kappa shape index (κ1) is 8.95. The van der Waals surface area contributed by atoms with Crippen molar-refractivity contribution in [1.29, 1.82) is 0 Å². The zero-order valence-corrected chi connectivity index (χ0v) is 7.37. The highest BCUT2D eigenvalue weighted by molar-refractivity contribution is 5.75. The minimum absolute atomic E-state index is 0.230. The maximum Gasteiger partial charge on any atom is 0.323 e. The zero-order valence-electron chi connectivity index (χ0n) is 7.37. The lowest BCUT2D eigenvalue weighted by molar-refractivity contribution is 0.577. The third-order valence-electron chi connectivity index (χ3n) is 2.08. The first-order valence-corrected chi connectivity index (χ1v) is 4.14. The molecule has 2 aromatic rings. The molecule has 0 saturated carbocycles. The number of fused-ring (bicyclic) bond motifs is 1. The summed E-state index contributed by atoms with van der Waals surface area (Å²) in [5.41, 5.74) is 10.1. The van der Waals surface area contributed by atoms with Gasteiger partial charge < -0.3 is 15.7 Å². The van der Waals surface area contributed by atoms with E-state index in [1.54, 1.807) is 18.2 Å². The predicted molar refractivity (Wildman–Crippen MR) is 53.2 cm³/mol. The number of aromatic nitrogens is 2. The molecule has 0 amide bonds. The Kier molecular flexibility index (Phi) is 2.08. The predicted octanol–water partition coefficient (Wildman–Crippen LogP) is -0.723. The number of benzene rings is 1. The van der Waals surface area contributed by atoms with E-state index < -0.39 is 6.17 Å². The van der Waals surface area contributed by atoms with Gasteiger partial charge in [-0.25, -0.2) is 10.2 Å². The lowest BCUT2D eigenvalue weighted by Gasteiger charge is -2.09. The number of hydrogen-bond donors (Lipinski definition) is 5. The van der Waals surface area contributed by atoms with Crippen molar-refractivity contribution < 1.29 is 0 Å². The van der Waals surface area contributed by atoms with Crippen LogP contribution >= 0.6 is 0 Å². The topological polar surface area (TPSA) is 113 Å². The average molecular weight is 193 g/mol. The van der Waals surface area contributed by atoms with Gasteiger partial charge >= 0.3 is 5.69 Å². The minimum atomic E-state index is -0.433. The molecule has 1 heterocycles. The summed E-state index contributed by atoms with van der Waals surface area (Å²) in [6.45, 7) is 0. The smallest absolute Gasteiger partial charge is 0.311 e. The molecular formula is C8H11N5O. The quantitative estimate of drug-likeness (QED) is 0.246. The van der Waals surface area contributed by atoms with Crippen LogP contribution < -0.4 is 22.7 Å². The molecule has 0 bridgehead atoms. The van der Waals surface area contributed by atoms with Gasteiger partial charge in [-0.15, -0.1) is 0 Å². The van der Waals surface area contributed by atoms with Crippen LogP contribution in [-0.4, -0.2) is 9.97 Å². The summed E-state index contributed by atoms with van der Waals surface area (Å²) in [6.07, 6.45) is -0.433. The second-order valence-corrected chi connectivity index (χ2v) is 3.03. The number of hydrazine groups is 1. The molecule has 14 heavy (non-hydrogen) atoms. The molecule has 6 nitrogen and oxygen atoms in total. The third-order valence-corrected chi connectivity index (χ3v) is 2.08. The van der Waals surface area contributed by atoms with Gasteiger partial charge in [-0.2, -0.15) is 0 Å². The lowest BCUT2D eigenvalue weighted by Crippen LogP contribution is -2.34. The van der Waals surface area contributed by atoms with Crippen LogP contribution in [0.4, 0.5) is 0 Å². The van der Waals surface area contributed by atoms with Crippen LogP contribution in [0.2, 0.25) is 0 Å². The molecule has 0 saturated heterocycles. The molecule has 0 aliphatic heterocycles. The van der Waals surface area contributed by atoms with Crippen LogP contribution in [0, 0.1) is 0 Å². The van der Waals surface area contributed by atoms with Crippen molar-refractivity contribution in [2.75, 3.05) is 0 Å². The van der Waals surface area contributed by atoms with Crippen molar-refractivity contribution in [3.63, 3.8) is 0 Å². The van der Waals surface area contributed by atoms with E-state index in [9.17, 15) is 4.79 Å². The van der Waals surface area contributed by atoms with Crippen LogP contribution in [0.1, 0.15) is 11.7 Å². The van der Waals surface area contributed by atoms with Crippen LogP contribution in [0.25, 0.3) is 11.0 Å². The van der Waals surface area contributed by atoms with Gasteiger partial charge in [0.2, 0.25) is 0 Å². The lowest BCUT2D eigenvalue weighted by atomic mass is 10.1. The van der Waals surface area contributed by atoms with E-state index in [0.717, 1.165) is 16.6 Å². The summed E-state index contributed by atoms with van der Waals surface area (Å²) in [5, 5.41) is 0. The average Bonchev–Trinajstić information content (AvgIpc) is 2.55. The van der Waals surface area contributed by atoms with E-state index in [1.165, 1.54) is 0 Å². The Morgan fingerprint density at radius 2 is 2.00 bits per heavy atom. The highest BCUT2D eigenvalue weighted by Gasteiger charge is 2.05. The van der Waals surface area contributed by atoms with E-state index in [2.05, 4.69) is 15.4 Å². The monoisotopic (exact) mass is 193 g/mol. The van der Waals surface area contributed by atoms with Gasteiger partial charge in [0, 0.05) is 0 Å². The van der Waals surface area contributed by atoms with E-state index in [4.69, 9.17) is 11.6 Å². The summed E-state index contributed by atoms with van der Waals surface area (Å²) in [5.74, 6) is 5.20. The maximum absolute atomic E-state index is 11.0. The Morgan fingerprint density at radius 3 is 2.71 bits per heavy atom. The second-order valence-electron chi connectivity index (χ2n) is 3.03. The van der Waals surface area contributed by atoms with Gasteiger partial charge in [0.05, 0.1) is 17.2 Å². The largest absolute Gasteiger partial charge is 0.323 e. The molecule has 1 atom stereocenters.